The van der Waals surface area contributed by atoms with Crippen molar-refractivity contribution in [3.63, 3.8) is 0 Å². The summed E-state index contributed by atoms with van der Waals surface area (Å²) in [5.74, 6) is 1.80. The maximum Gasteiger partial charge on any atom is 0.127 e. The third-order valence-electron chi connectivity index (χ3n) is 4.99. The van der Waals surface area contributed by atoms with E-state index in [1.807, 2.05) is 6.07 Å². The Morgan fingerprint density at radius 2 is 1.63 bits per heavy atom. The predicted molar refractivity (Wildman–Crippen MR) is 112 cm³/mol. The molecule has 1 aliphatic carbocycles. The maximum atomic E-state index is 9.70. The van der Waals surface area contributed by atoms with Gasteiger partial charge in [-0.1, -0.05) is 77.1 Å². The first-order valence-electron chi connectivity index (χ1n) is 10.2. The molecule has 1 N–H and O–H groups in total. The summed E-state index contributed by atoms with van der Waals surface area (Å²) in [7, 11) is 1.58. The molecule has 0 saturated carbocycles. The summed E-state index contributed by atoms with van der Waals surface area (Å²) in [4.78, 5) is 0. The second-order valence-corrected chi connectivity index (χ2v) is 7.35. The largest absolute Gasteiger partial charge is 0.508 e. The lowest BCUT2D eigenvalue weighted by atomic mass is 10.1. The van der Waals surface area contributed by atoms with Gasteiger partial charge in [-0.3, -0.25) is 0 Å². The van der Waals surface area contributed by atoms with Crippen molar-refractivity contribution < 1.29 is 14.6 Å². The summed E-state index contributed by atoms with van der Waals surface area (Å²) < 4.78 is 11.3. The zero-order chi connectivity index (χ0) is 19.6. The van der Waals surface area contributed by atoms with Gasteiger partial charge in [-0.15, -0.1) is 0 Å². The molecular weight excluding hydrogens is 336 g/mol. The predicted octanol–water partition coefficient (Wildman–Crippen LogP) is 6.69. The fourth-order valence-electron chi connectivity index (χ4n) is 3.50. The molecule has 2 aromatic carbocycles. The molecule has 0 aromatic heterocycles. The van der Waals surface area contributed by atoms with E-state index < -0.39 is 0 Å². The van der Waals surface area contributed by atoms with Crippen LogP contribution in [0.2, 0.25) is 0 Å². The van der Waals surface area contributed by atoms with Crippen LogP contribution in [-0.4, -0.2) is 12.2 Å². The van der Waals surface area contributed by atoms with Crippen molar-refractivity contribution >= 4 is 0 Å². The van der Waals surface area contributed by atoms with E-state index >= 15 is 0 Å². The molecule has 0 amide bonds. The molecule has 2 atom stereocenters. The zero-order valence-electron chi connectivity index (χ0n) is 17.2. The number of phenolic OH excluding ortho intramolecular Hbond substituents is 1. The molecule has 3 nitrogen and oxygen atoms in total. The van der Waals surface area contributed by atoms with E-state index in [4.69, 9.17) is 9.47 Å². The Kier molecular flexibility index (Phi) is 8.50. The first-order chi connectivity index (χ1) is 13.1. The summed E-state index contributed by atoms with van der Waals surface area (Å²) in [5.41, 5.74) is 2.58. The molecule has 3 rings (SSSR count). The first kappa shape index (κ1) is 21.1. The van der Waals surface area contributed by atoms with Crippen LogP contribution in [-0.2, 0) is 6.42 Å². The molecule has 1 aliphatic rings. The van der Waals surface area contributed by atoms with Gasteiger partial charge < -0.3 is 14.6 Å². The lowest BCUT2D eigenvalue weighted by molar-refractivity contribution is 0.158. The Bertz CT molecular complexity index is 692. The van der Waals surface area contributed by atoms with Crippen LogP contribution in [0, 0.1) is 5.92 Å². The highest BCUT2D eigenvalue weighted by molar-refractivity contribution is 5.42. The Morgan fingerprint density at radius 1 is 0.963 bits per heavy atom. The molecule has 0 saturated heterocycles. The van der Waals surface area contributed by atoms with Crippen LogP contribution in [0.1, 0.15) is 70.1 Å². The van der Waals surface area contributed by atoms with Crippen LogP contribution in [0.15, 0.2) is 42.5 Å². The Hall–Kier alpha value is -2.16. The quantitative estimate of drug-likeness (QED) is 0.552. The average molecular weight is 371 g/mol. The van der Waals surface area contributed by atoms with Gasteiger partial charge in [0.2, 0.25) is 0 Å². The first-order valence-corrected chi connectivity index (χ1v) is 10.2. The minimum atomic E-state index is 0.0257. The number of hydrogen-bond donors (Lipinski definition) is 1. The standard InChI is InChI=1S/C17H18O3.C7H16/c1-11-7-12-5-3-4-6-16(12)17(11)20-15-9-13(18)8-14(10-15)19-2;1-3-5-7-6-4-2/h3-6,8-11,17-18H,7H2,1-2H3;3-7H2,1-2H3/t11-,17?;/m1./s1. The van der Waals surface area contributed by atoms with E-state index in [0.29, 0.717) is 17.4 Å². The fourth-order valence-corrected chi connectivity index (χ4v) is 3.50. The second kappa shape index (κ2) is 10.9. The van der Waals surface area contributed by atoms with E-state index in [1.54, 1.807) is 25.3 Å². The molecule has 0 radical (unpaired) electrons. The number of hydrogen-bond acceptors (Lipinski definition) is 3. The highest BCUT2D eigenvalue weighted by atomic mass is 16.5. The highest BCUT2D eigenvalue weighted by Crippen LogP contribution is 2.40. The fraction of sp³-hybridized carbons (Fsp3) is 0.500. The van der Waals surface area contributed by atoms with Gasteiger partial charge in [-0.2, -0.15) is 0 Å². The zero-order valence-corrected chi connectivity index (χ0v) is 17.2. The number of aromatic hydroxyl groups is 1. The van der Waals surface area contributed by atoms with Crippen LogP contribution < -0.4 is 9.47 Å². The van der Waals surface area contributed by atoms with Crippen LogP contribution in [0.4, 0.5) is 0 Å². The van der Waals surface area contributed by atoms with E-state index in [9.17, 15) is 5.11 Å². The molecule has 148 valence electrons. The topological polar surface area (TPSA) is 38.7 Å². The molecular formula is C24H34O3. The summed E-state index contributed by atoms with van der Waals surface area (Å²) in [6.45, 7) is 6.68. The van der Waals surface area contributed by atoms with Gasteiger partial charge in [0.05, 0.1) is 7.11 Å². The summed E-state index contributed by atoms with van der Waals surface area (Å²) in [6.07, 6.45) is 8.06. The number of unbranched alkanes of at least 4 members (excludes halogenated alkanes) is 4. The van der Waals surface area contributed by atoms with Crippen molar-refractivity contribution in [3.8, 4) is 17.2 Å². The van der Waals surface area contributed by atoms with E-state index in [1.165, 1.54) is 43.2 Å². The van der Waals surface area contributed by atoms with Crippen LogP contribution in [0.3, 0.4) is 0 Å². The molecule has 0 spiro atoms. The average Bonchev–Trinajstić information content (AvgIpc) is 2.98. The van der Waals surface area contributed by atoms with Gasteiger partial charge in [-0.25, -0.2) is 0 Å². The van der Waals surface area contributed by atoms with Crippen LogP contribution in [0.25, 0.3) is 0 Å². The van der Waals surface area contributed by atoms with E-state index in [2.05, 4.69) is 39.0 Å². The van der Waals surface area contributed by atoms with Crippen molar-refractivity contribution in [2.24, 2.45) is 5.92 Å². The van der Waals surface area contributed by atoms with Crippen molar-refractivity contribution in [2.75, 3.05) is 7.11 Å². The SMILES string of the molecule is CCCCCCC.COc1cc(O)cc(OC2c3ccccc3C[C@H]2C)c1. The van der Waals surface area contributed by atoms with Crippen molar-refractivity contribution in [3.05, 3.63) is 53.6 Å². The number of ether oxygens (including phenoxy) is 2. The summed E-state index contributed by atoms with van der Waals surface area (Å²) in [5, 5.41) is 9.70. The van der Waals surface area contributed by atoms with Crippen molar-refractivity contribution in [1.82, 2.24) is 0 Å². The lowest BCUT2D eigenvalue weighted by Crippen LogP contribution is -2.11. The molecule has 0 heterocycles. The molecule has 3 heteroatoms. The maximum absolute atomic E-state index is 9.70. The van der Waals surface area contributed by atoms with E-state index in [0.717, 1.165) is 6.42 Å². The van der Waals surface area contributed by atoms with E-state index in [-0.39, 0.29) is 11.9 Å². The molecule has 2 aromatic rings. The van der Waals surface area contributed by atoms with Crippen LogP contribution >= 0.6 is 0 Å². The molecule has 0 bridgehead atoms. The normalized spacial score (nSPS) is 17.6. The monoisotopic (exact) mass is 370 g/mol. The number of phenols is 1. The Balaban J connectivity index is 0.000000321. The number of benzene rings is 2. The van der Waals surface area contributed by atoms with Crippen molar-refractivity contribution in [1.29, 1.82) is 0 Å². The van der Waals surface area contributed by atoms with Crippen LogP contribution in [0.5, 0.6) is 17.2 Å². The third-order valence-corrected chi connectivity index (χ3v) is 4.99. The molecule has 27 heavy (non-hydrogen) atoms. The minimum Gasteiger partial charge on any atom is -0.508 e. The summed E-state index contributed by atoms with van der Waals surface area (Å²) in [6, 6.07) is 13.4. The Labute approximate surface area is 164 Å². The number of rotatable bonds is 7. The number of fused-ring (bicyclic) bond motifs is 1. The number of methoxy groups -OCH3 is 1. The van der Waals surface area contributed by atoms with Crippen molar-refractivity contribution in [2.45, 2.75) is 65.4 Å². The molecule has 0 aliphatic heterocycles. The summed E-state index contributed by atoms with van der Waals surface area (Å²) >= 11 is 0. The second-order valence-electron chi connectivity index (χ2n) is 7.35. The Morgan fingerprint density at radius 3 is 2.30 bits per heavy atom. The molecule has 1 unspecified atom stereocenters. The smallest absolute Gasteiger partial charge is 0.127 e. The van der Waals surface area contributed by atoms with Gasteiger partial charge in [0.25, 0.3) is 0 Å². The lowest BCUT2D eigenvalue weighted by Gasteiger charge is -2.19. The molecule has 0 fully saturated rings. The van der Waals surface area contributed by atoms with Gasteiger partial charge in [0, 0.05) is 24.1 Å². The van der Waals surface area contributed by atoms with Gasteiger partial charge in [0.1, 0.15) is 23.4 Å². The third kappa shape index (κ3) is 6.20. The van der Waals surface area contributed by atoms with Gasteiger partial charge in [0.15, 0.2) is 0 Å². The van der Waals surface area contributed by atoms with Gasteiger partial charge in [-0.05, 0) is 17.5 Å². The highest BCUT2D eigenvalue weighted by Gasteiger charge is 2.30. The minimum absolute atomic E-state index is 0.0257. The van der Waals surface area contributed by atoms with Gasteiger partial charge >= 0.3 is 0 Å².